The fourth-order valence-electron chi connectivity index (χ4n) is 2.54. The smallest absolute Gasteiger partial charge is 0.240 e. The number of aryl methyl sites for hydroxylation is 2. The Morgan fingerprint density at radius 2 is 1.65 bits per heavy atom. The SMILES string of the molecule is CCc1ccc(S(=O)(=O)NCCN(c2cccc(C)c2)S(C)(=O)=O)cc1. The van der Waals surface area contributed by atoms with Crippen LogP contribution in [-0.2, 0) is 26.5 Å². The summed E-state index contributed by atoms with van der Waals surface area (Å²) < 4.78 is 52.6. The third-order valence-electron chi connectivity index (χ3n) is 3.94. The van der Waals surface area contributed by atoms with Gasteiger partial charge in [-0.05, 0) is 48.7 Å². The number of sulfonamides is 2. The summed E-state index contributed by atoms with van der Waals surface area (Å²) in [6, 6.07) is 13.7. The lowest BCUT2D eigenvalue weighted by molar-refractivity contribution is 0.578. The van der Waals surface area contributed by atoms with Crippen LogP contribution in [0.25, 0.3) is 0 Å². The highest BCUT2D eigenvalue weighted by Crippen LogP contribution is 2.18. The molecule has 0 atom stereocenters. The second-order valence-corrected chi connectivity index (χ2v) is 9.74. The van der Waals surface area contributed by atoms with E-state index >= 15 is 0 Å². The van der Waals surface area contributed by atoms with Gasteiger partial charge in [-0.1, -0.05) is 31.2 Å². The quantitative estimate of drug-likeness (QED) is 0.742. The van der Waals surface area contributed by atoms with Crippen molar-refractivity contribution in [1.29, 1.82) is 0 Å². The van der Waals surface area contributed by atoms with Crippen LogP contribution in [0.1, 0.15) is 18.1 Å². The topological polar surface area (TPSA) is 83.6 Å². The van der Waals surface area contributed by atoms with E-state index in [0.29, 0.717) is 5.69 Å². The van der Waals surface area contributed by atoms with Crippen molar-refractivity contribution in [2.24, 2.45) is 0 Å². The van der Waals surface area contributed by atoms with Crippen LogP contribution in [0.15, 0.2) is 53.4 Å². The molecule has 0 amide bonds. The first-order valence-corrected chi connectivity index (χ1v) is 11.6. The van der Waals surface area contributed by atoms with E-state index in [9.17, 15) is 16.8 Å². The lowest BCUT2D eigenvalue weighted by Gasteiger charge is -2.23. The highest BCUT2D eigenvalue weighted by Gasteiger charge is 2.19. The molecule has 0 unspecified atom stereocenters. The molecule has 0 radical (unpaired) electrons. The first-order valence-electron chi connectivity index (χ1n) is 8.26. The van der Waals surface area contributed by atoms with Gasteiger partial charge in [-0.15, -0.1) is 0 Å². The summed E-state index contributed by atoms with van der Waals surface area (Å²) in [6.07, 6.45) is 1.93. The van der Waals surface area contributed by atoms with Crippen molar-refractivity contribution < 1.29 is 16.8 Å². The van der Waals surface area contributed by atoms with Crippen molar-refractivity contribution in [2.75, 3.05) is 23.7 Å². The maximum Gasteiger partial charge on any atom is 0.240 e. The van der Waals surface area contributed by atoms with Crippen molar-refractivity contribution in [1.82, 2.24) is 4.72 Å². The third-order valence-corrected chi connectivity index (χ3v) is 6.61. The summed E-state index contributed by atoms with van der Waals surface area (Å²) in [5.74, 6) is 0. The zero-order chi connectivity index (χ0) is 19.4. The van der Waals surface area contributed by atoms with Crippen LogP contribution in [0.2, 0.25) is 0 Å². The van der Waals surface area contributed by atoms with E-state index in [1.807, 2.05) is 19.9 Å². The van der Waals surface area contributed by atoms with Crippen LogP contribution in [-0.4, -0.2) is 36.2 Å². The molecule has 142 valence electrons. The van der Waals surface area contributed by atoms with Crippen molar-refractivity contribution in [3.8, 4) is 0 Å². The van der Waals surface area contributed by atoms with Crippen LogP contribution in [0.5, 0.6) is 0 Å². The predicted octanol–water partition coefficient (Wildman–Crippen LogP) is 2.30. The highest BCUT2D eigenvalue weighted by atomic mass is 32.2. The maximum atomic E-state index is 12.4. The summed E-state index contributed by atoms with van der Waals surface area (Å²) in [5.41, 5.74) is 2.48. The molecular formula is C18H24N2O4S2. The molecule has 0 saturated heterocycles. The Bertz CT molecular complexity index is 953. The monoisotopic (exact) mass is 396 g/mol. The summed E-state index contributed by atoms with van der Waals surface area (Å²) in [4.78, 5) is 0.163. The lowest BCUT2D eigenvalue weighted by atomic mass is 10.2. The molecule has 8 heteroatoms. The minimum absolute atomic E-state index is 0.00849. The molecule has 0 aliphatic carbocycles. The Morgan fingerprint density at radius 1 is 1.00 bits per heavy atom. The average Bonchev–Trinajstić information content (AvgIpc) is 2.57. The van der Waals surface area contributed by atoms with Crippen molar-refractivity contribution in [3.63, 3.8) is 0 Å². The highest BCUT2D eigenvalue weighted by molar-refractivity contribution is 7.92. The molecule has 0 heterocycles. The fourth-order valence-corrected chi connectivity index (χ4v) is 4.48. The van der Waals surface area contributed by atoms with Crippen LogP contribution in [0.3, 0.4) is 0 Å². The molecule has 0 fully saturated rings. The largest absolute Gasteiger partial charge is 0.269 e. The second-order valence-electron chi connectivity index (χ2n) is 6.07. The molecule has 0 bridgehead atoms. The van der Waals surface area contributed by atoms with E-state index in [1.165, 1.54) is 4.31 Å². The molecule has 1 N–H and O–H groups in total. The Kier molecular flexibility index (Phi) is 6.44. The van der Waals surface area contributed by atoms with E-state index in [-0.39, 0.29) is 18.0 Å². The number of nitrogens with zero attached hydrogens (tertiary/aromatic N) is 1. The van der Waals surface area contributed by atoms with Crippen molar-refractivity contribution in [2.45, 2.75) is 25.2 Å². The molecule has 0 aliphatic rings. The Balaban J connectivity index is 2.11. The van der Waals surface area contributed by atoms with Crippen molar-refractivity contribution in [3.05, 3.63) is 59.7 Å². The number of nitrogens with one attached hydrogen (secondary N) is 1. The van der Waals surface area contributed by atoms with Gasteiger partial charge in [-0.2, -0.15) is 0 Å². The van der Waals surface area contributed by atoms with Crippen LogP contribution in [0.4, 0.5) is 5.69 Å². The molecule has 0 saturated carbocycles. The van der Waals surface area contributed by atoms with Gasteiger partial charge in [0.15, 0.2) is 0 Å². The molecule has 2 aromatic rings. The predicted molar refractivity (Wildman–Crippen MR) is 104 cm³/mol. The average molecular weight is 397 g/mol. The van der Waals surface area contributed by atoms with Gasteiger partial charge in [0.1, 0.15) is 0 Å². The zero-order valence-electron chi connectivity index (χ0n) is 15.1. The number of anilines is 1. The lowest BCUT2D eigenvalue weighted by Crippen LogP contribution is -2.38. The summed E-state index contributed by atoms with van der Waals surface area (Å²) >= 11 is 0. The minimum atomic E-state index is -3.69. The zero-order valence-corrected chi connectivity index (χ0v) is 16.8. The third kappa shape index (κ3) is 5.30. The summed E-state index contributed by atoms with van der Waals surface area (Å²) in [7, 11) is -7.22. The standard InChI is InChI=1S/C18H24N2O4S2/c1-4-16-8-10-18(11-9-16)26(23,24)19-12-13-20(25(3,21)22)17-7-5-6-15(2)14-17/h5-11,14,19H,4,12-13H2,1-3H3. The normalized spacial score (nSPS) is 12.1. The van der Waals surface area contributed by atoms with Gasteiger partial charge >= 0.3 is 0 Å². The summed E-state index contributed by atoms with van der Waals surface area (Å²) in [5, 5.41) is 0. The van der Waals surface area contributed by atoms with E-state index in [2.05, 4.69) is 4.72 Å². The van der Waals surface area contributed by atoms with Crippen LogP contribution in [0, 0.1) is 6.92 Å². The van der Waals surface area contributed by atoms with Gasteiger partial charge in [0.05, 0.1) is 16.8 Å². The summed E-state index contributed by atoms with van der Waals surface area (Å²) in [6.45, 7) is 3.84. The molecular weight excluding hydrogens is 372 g/mol. The Morgan fingerprint density at radius 3 is 2.19 bits per heavy atom. The molecule has 2 aromatic carbocycles. The van der Waals surface area contributed by atoms with Crippen LogP contribution < -0.4 is 9.03 Å². The van der Waals surface area contributed by atoms with Gasteiger partial charge in [-0.3, -0.25) is 4.31 Å². The molecule has 0 aliphatic heterocycles. The molecule has 0 aromatic heterocycles. The molecule has 2 rings (SSSR count). The molecule has 26 heavy (non-hydrogen) atoms. The number of hydrogen-bond donors (Lipinski definition) is 1. The van der Waals surface area contributed by atoms with E-state index in [4.69, 9.17) is 0 Å². The molecule has 0 spiro atoms. The number of hydrogen-bond acceptors (Lipinski definition) is 4. The van der Waals surface area contributed by atoms with Gasteiger partial charge in [0.25, 0.3) is 0 Å². The molecule has 6 nitrogen and oxygen atoms in total. The Hall–Kier alpha value is -1.90. The van der Waals surface area contributed by atoms with E-state index in [1.54, 1.807) is 42.5 Å². The van der Waals surface area contributed by atoms with E-state index < -0.39 is 20.0 Å². The second kappa shape index (κ2) is 8.20. The minimum Gasteiger partial charge on any atom is -0.269 e. The first-order chi connectivity index (χ1) is 12.1. The van der Waals surface area contributed by atoms with E-state index in [0.717, 1.165) is 23.8 Å². The van der Waals surface area contributed by atoms with Gasteiger partial charge < -0.3 is 0 Å². The van der Waals surface area contributed by atoms with Crippen LogP contribution >= 0.6 is 0 Å². The fraction of sp³-hybridized carbons (Fsp3) is 0.333. The first kappa shape index (κ1) is 20.4. The number of benzene rings is 2. The van der Waals surface area contributed by atoms with Gasteiger partial charge in [-0.25, -0.2) is 21.6 Å². The number of rotatable bonds is 8. The Labute approximate surface area is 156 Å². The van der Waals surface area contributed by atoms with Gasteiger partial charge in [0, 0.05) is 13.1 Å². The van der Waals surface area contributed by atoms with Crippen molar-refractivity contribution >= 4 is 25.7 Å². The maximum absolute atomic E-state index is 12.4. The van der Waals surface area contributed by atoms with Gasteiger partial charge in [0.2, 0.25) is 20.0 Å².